The third-order valence-corrected chi connectivity index (χ3v) is 5.31. The van der Waals surface area contributed by atoms with Gasteiger partial charge >= 0.3 is 12.4 Å². The lowest BCUT2D eigenvalue weighted by molar-refractivity contribution is -0.173. The molecule has 172 valence electrons. The fourth-order valence-electron chi connectivity index (χ4n) is 4.00. The Hall–Kier alpha value is -3.12. The van der Waals surface area contributed by atoms with Crippen LogP contribution in [0.25, 0.3) is 11.0 Å². The summed E-state index contributed by atoms with van der Waals surface area (Å²) in [5.41, 5.74) is -0.571. The molecule has 1 atom stereocenters. The summed E-state index contributed by atoms with van der Waals surface area (Å²) in [5.74, 6) is -0.651. The summed E-state index contributed by atoms with van der Waals surface area (Å²) in [6.45, 7) is 3.58. The van der Waals surface area contributed by atoms with Gasteiger partial charge in [-0.25, -0.2) is 14.3 Å². The maximum absolute atomic E-state index is 13.5. The fraction of sp³-hybridized carbons (Fsp3) is 0.474. The second kappa shape index (κ2) is 7.20. The predicted molar refractivity (Wildman–Crippen MR) is 101 cm³/mol. The highest BCUT2D eigenvalue weighted by molar-refractivity contribution is 5.94. The molecular formula is C19H18F6N6O. The van der Waals surface area contributed by atoms with Crippen LogP contribution in [-0.2, 0) is 17.5 Å². The smallest absolute Gasteiger partial charge is 0.295 e. The van der Waals surface area contributed by atoms with Crippen LogP contribution in [0, 0.1) is 20.8 Å². The van der Waals surface area contributed by atoms with Crippen LogP contribution in [-0.4, -0.2) is 43.2 Å². The van der Waals surface area contributed by atoms with E-state index in [0.29, 0.717) is 5.69 Å². The van der Waals surface area contributed by atoms with Gasteiger partial charge in [-0.15, -0.1) is 0 Å². The molecule has 0 fully saturated rings. The molecule has 1 unspecified atom stereocenters. The van der Waals surface area contributed by atoms with Crippen molar-refractivity contribution in [3.05, 3.63) is 34.8 Å². The minimum Gasteiger partial charge on any atom is -0.295 e. The monoisotopic (exact) mass is 460 g/mol. The van der Waals surface area contributed by atoms with Gasteiger partial charge in [0.25, 0.3) is 0 Å². The maximum atomic E-state index is 13.5. The number of pyridine rings is 1. The standard InChI is InChI=1S/C19H18F6N6O/c1-9-6-12(18(20,21)22)16-11(3)28-30(17(16)26-9)8-15(32)29-5-4-13(19(23,24)25)31-14(29)7-10(2)27-31/h6-7,13H,4-5,8H2,1-3H3. The van der Waals surface area contributed by atoms with Crippen LogP contribution >= 0.6 is 0 Å². The molecule has 1 aliphatic rings. The third-order valence-electron chi connectivity index (χ3n) is 5.31. The van der Waals surface area contributed by atoms with Gasteiger partial charge in [0, 0.05) is 18.3 Å². The molecule has 32 heavy (non-hydrogen) atoms. The number of carbonyl (C=O) groups excluding carboxylic acids is 1. The van der Waals surface area contributed by atoms with E-state index in [-0.39, 0.29) is 34.8 Å². The number of hydrogen-bond donors (Lipinski definition) is 0. The molecule has 4 rings (SSSR count). The lowest BCUT2D eigenvalue weighted by Gasteiger charge is -2.33. The molecule has 0 bridgehead atoms. The maximum Gasteiger partial charge on any atom is 0.417 e. The average Bonchev–Trinajstić information content (AvgIpc) is 3.18. The molecule has 3 aromatic rings. The van der Waals surface area contributed by atoms with Gasteiger partial charge in [0.2, 0.25) is 5.91 Å². The summed E-state index contributed by atoms with van der Waals surface area (Å²) >= 11 is 0. The van der Waals surface area contributed by atoms with Gasteiger partial charge in [-0.2, -0.15) is 36.5 Å². The molecule has 0 radical (unpaired) electrons. The zero-order valence-corrected chi connectivity index (χ0v) is 17.2. The van der Waals surface area contributed by atoms with Gasteiger partial charge in [-0.1, -0.05) is 0 Å². The number of fused-ring (bicyclic) bond motifs is 2. The van der Waals surface area contributed by atoms with E-state index in [9.17, 15) is 31.1 Å². The van der Waals surface area contributed by atoms with Crippen LogP contribution in [0.3, 0.4) is 0 Å². The number of halogens is 6. The summed E-state index contributed by atoms with van der Waals surface area (Å²) in [7, 11) is 0. The Bertz CT molecular complexity index is 1210. The van der Waals surface area contributed by atoms with E-state index in [1.807, 2.05) is 0 Å². The normalized spacial score (nSPS) is 17.2. The van der Waals surface area contributed by atoms with Crippen molar-refractivity contribution in [1.82, 2.24) is 24.5 Å². The van der Waals surface area contributed by atoms with Gasteiger partial charge < -0.3 is 0 Å². The van der Waals surface area contributed by atoms with E-state index in [2.05, 4.69) is 15.2 Å². The van der Waals surface area contributed by atoms with Crippen LogP contribution in [0.4, 0.5) is 32.2 Å². The van der Waals surface area contributed by atoms with Crippen molar-refractivity contribution in [2.45, 2.75) is 52.1 Å². The number of anilines is 1. The highest BCUT2D eigenvalue weighted by atomic mass is 19.4. The lowest BCUT2D eigenvalue weighted by atomic mass is 10.1. The summed E-state index contributed by atoms with van der Waals surface area (Å²) < 4.78 is 82.4. The van der Waals surface area contributed by atoms with Crippen molar-refractivity contribution in [2.24, 2.45) is 0 Å². The first-order valence-electron chi connectivity index (χ1n) is 9.62. The zero-order chi connectivity index (χ0) is 23.6. The highest BCUT2D eigenvalue weighted by Crippen LogP contribution is 2.40. The van der Waals surface area contributed by atoms with Gasteiger partial charge in [-0.05, 0) is 33.3 Å². The van der Waals surface area contributed by atoms with Gasteiger partial charge in [-0.3, -0.25) is 9.69 Å². The number of rotatable bonds is 2. The van der Waals surface area contributed by atoms with Crippen molar-refractivity contribution in [3.63, 3.8) is 0 Å². The molecule has 1 aliphatic heterocycles. The Kier molecular flexibility index (Phi) is 4.97. The molecule has 7 nitrogen and oxygen atoms in total. The summed E-state index contributed by atoms with van der Waals surface area (Å²) in [6, 6.07) is 0.417. The van der Waals surface area contributed by atoms with Crippen LogP contribution in [0.5, 0.6) is 0 Å². The molecule has 0 aliphatic carbocycles. The minimum absolute atomic E-state index is 0.0191. The Balaban J connectivity index is 1.72. The van der Waals surface area contributed by atoms with E-state index in [1.165, 1.54) is 26.8 Å². The van der Waals surface area contributed by atoms with Crippen LogP contribution < -0.4 is 4.90 Å². The lowest BCUT2D eigenvalue weighted by Crippen LogP contribution is -2.44. The molecule has 0 N–H and O–H groups in total. The number of aromatic nitrogens is 5. The number of nitrogens with zero attached hydrogens (tertiary/aromatic N) is 6. The van der Waals surface area contributed by atoms with Crippen LogP contribution in [0.1, 0.15) is 35.1 Å². The minimum atomic E-state index is -4.64. The highest BCUT2D eigenvalue weighted by Gasteiger charge is 2.46. The zero-order valence-electron chi connectivity index (χ0n) is 17.2. The van der Waals surface area contributed by atoms with Crippen LogP contribution in [0.15, 0.2) is 12.1 Å². The molecule has 1 amide bonds. The Morgan fingerprint density at radius 2 is 1.75 bits per heavy atom. The molecule has 0 aromatic carbocycles. The molecule has 0 saturated carbocycles. The van der Waals surface area contributed by atoms with Crippen molar-refractivity contribution in [1.29, 1.82) is 0 Å². The Labute approximate surface area is 177 Å². The van der Waals surface area contributed by atoms with Gasteiger partial charge in [0.15, 0.2) is 11.7 Å². The Morgan fingerprint density at radius 1 is 1.06 bits per heavy atom. The number of carbonyl (C=O) groups is 1. The van der Waals surface area contributed by atoms with E-state index >= 15 is 0 Å². The van der Waals surface area contributed by atoms with Crippen molar-refractivity contribution < 1.29 is 31.1 Å². The first-order valence-corrected chi connectivity index (χ1v) is 9.62. The molecule has 13 heteroatoms. The SMILES string of the molecule is Cc1cc(C(F)(F)F)c2c(C)nn(CC(=O)N3CCC(C(F)(F)F)n4nc(C)cc43)c2n1. The third kappa shape index (κ3) is 3.69. The number of amides is 1. The first-order chi connectivity index (χ1) is 14.8. The number of aryl methyl sites for hydroxylation is 3. The van der Waals surface area contributed by atoms with Gasteiger partial charge in [0.1, 0.15) is 12.4 Å². The second-order valence-electron chi connectivity index (χ2n) is 7.73. The number of alkyl halides is 6. The van der Waals surface area contributed by atoms with Crippen molar-refractivity contribution >= 4 is 22.8 Å². The second-order valence-corrected chi connectivity index (χ2v) is 7.73. The summed E-state index contributed by atoms with van der Waals surface area (Å²) in [6.07, 6.45) is -9.57. The largest absolute Gasteiger partial charge is 0.417 e. The Morgan fingerprint density at radius 3 is 2.38 bits per heavy atom. The average molecular weight is 460 g/mol. The molecular weight excluding hydrogens is 442 g/mol. The van der Waals surface area contributed by atoms with Gasteiger partial charge in [0.05, 0.1) is 22.3 Å². The van der Waals surface area contributed by atoms with E-state index in [4.69, 9.17) is 0 Å². The topological polar surface area (TPSA) is 68.8 Å². The number of hydrogen-bond acceptors (Lipinski definition) is 4. The predicted octanol–water partition coefficient (Wildman–Crippen LogP) is 4.11. The van der Waals surface area contributed by atoms with Crippen molar-refractivity contribution in [2.75, 3.05) is 11.4 Å². The van der Waals surface area contributed by atoms with E-state index in [1.54, 1.807) is 0 Å². The molecule has 4 heterocycles. The summed E-state index contributed by atoms with van der Waals surface area (Å²) in [5, 5.41) is 7.73. The fourth-order valence-corrected chi connectivity index (χ4v) is 4.00. The van der Waals surface area contributed by atoms with Crippen LogP contribution in [0.2, 0.25) is 0 Å². The summed E-state index contributed by atoms with van der Waals surface area (Å²) in [4.78, 5) is 18.3. The van der Waals surface area contributed by atoms with E-state index in [0.717, 1.165) is 20.3 Å². The molecule has 0 saturated heterocycles. The van der Waals surface area contributed by atoms with Crippen molar-refractivity contribution in [3.8, 4) is 0 Å². The first kappa shape index (κ1) is 22.1. The van der Waals surface area contributed by atoms with E-state index < -0.39 is 42.8 Å². The molecule has 3 aromatic heterocycles. The quantitative estimate of drug-likeness (QED) is 0.540. The molecule has 0 spiro atoms.